The van der Waals surface area contributed by atoms with E-state index < -0.39 is 0 Å². The summed E-state index contributed by atoms with van der Waals surface area (Å²) in [6.45, 7) is 9.53. The standard InChI is InChI=1S/C20H25N3/c1-15(18-11-7-9-17-8-5-6-10-19(17)18)21-12-16-13-22-23(14-16)20(2,3)4/h5-11,13-15,21H,12H2,1-4H3. The number of fused-ring (bicyclic) bond motifs is 1. The predicted octanol–water partition coefficient (Wildman–Crippen LogP) is 4.64. The van der Waals surface area contributed by atoms with Gasteiger partial charge in [0.05, 0.1) is 11.7 Å². The molecule has 3 heteroatoms. The van der Waals surface area contributed by atoms with E-state index in [0.29, 0.717) is 6.04 Å². The number of hydrogen-bond donors (Lipinski definition) is 1. The van der Waals surface area contributed by atoms with E-state index in [0.717, 1.165) is 6.54 Å². The molecule has 1 heterocycles. The average Bonchev–Trinajstić information content (AvgIpc) is 3.01. The summed E-state index contributed by atoms with van der Waals surface area (Å²) in [6, 6.07) is 15.3. The van der Waals surface area contributed by atoms with Gasteiger partial charge in [0.2, 0.25) is 0 Å². The Morgan fingerprint density at radius 3 is 2.57 bits per heavy atom. The third-order valence-corrected chi connectivity index (χ3v) is 4.23. The Morgan fingerprint density at radius 1 is 1.09 bits per heavy atom. The highest BCUT2D eigenvalue weighted by molar-refractivity contribution is 5.86. The smallest absolute Gasteiger partial charge is 0.0543 e. The summed E-state index contributed by atoms with van der Waals surface area (Å²) in [4.78, 5) is 0. The van der Waals surface area contributed by atoms with Crippen LogP contribution in [0.25, 0.3) is 10.8 Å². The molecule has 0 saturated carbocycles. The summed E-state index contributed by atoms with van der Waals surface area (Å²) < 4.78 is 2.02. The monoisotopic (exact) mass is 307 g/mol. The van der Waals surface area contributed by atoms with Crippen molar-refractivity contribution in [2.75, 3.05) is 0 Å². The molecule has 0 aliphatic carbocycles. The van der Waals surface area contributed by atoms with E-state index in [1.165, 1.54) is 21.9 Å². The maximum absolute atomic E-state index is 4.46. The molecule has 0 aliphatic heterocycles. The van der Waals surface area contributed by atoms with Gasteiger partial charge in [-0.05, 0) is 44.0 Å². The van der Waals surface area contributed by atoms with Gasteiger partial charge >= 0.3 is 0 Å². The van der Waals surface area contributed by atoms with Gasteiger partial charge in [0, 0.05) is 24.3 Å². The van der Waals surface area contributed by atoms with Crippen LogP contribution in [0.4, 0.5) is 0 Å². The molecule has 3 aromatic rings. The van der Waals surface area contributed by atoms with Gasteiger partial charge in [-0.3, -0.25) is 4.68 Å². The second-order valence-electron chi connectivity index (χ2n) is 7.13. The minimum absolute atomic E-state index is 0.0273. The summed E-state index contributed by atoms with van der Waals surface area (Å²) >= 11 is 0. The lowest BCUT2D eigenvalue weighted by molar-refractivity contribution is 0.355. The van der Waals surface area contributed by atoms with Gasteiger partial charge in [-0.1, -0.05) is 42.5 Å². The number of rotatable bonds is 4. The van der Waals surface area contributed by atoms with Gasteiger partial charge in [-0.25, -0.2) is 0 Å². The molecule has 23 heavy (non-hydrogen) atoms. The third-order valence-electron chi connectivity index (χ3n) is 4.23. The number of nitrogens with zero attached hydrogens (tertiary/aromatic N) is 2. The summed E-state index contributed by atoms with van der Waals surface area (Å²) in [5, 5.41) is 10.7. The molecule has 3 nitrogen and oxygen atoms in total. The van der Waals surface area contributed by atoms with E-state index >= 15 is 0 Å². The molecule has 3 rings (SSSR count). The zero-order valence-corrected chi connectivity index (χ0v) is 14.4. The highest BCUT2D eigenvalue weighted by Gasteiger charge is 2.14. The largest absolute Gasteiger partial charge is 0.306 e. The average molecular weight is 307 g/mol. The van der Waals surface area contributed by atoms with E-state index in [2.05, 4.69) is 86.8 Å². The Balaban J connectivity index is 1.74. The molecular weight excluding hydrogens is 282 g/mol. The fraction of sp³-hybridized carbons (Fsp3) is 0.350. The topological polar surface area (TPSA) is 29.9 Å². The zero-order valence-electron chi connectivity index (χ0n) is 14.4. The second kappa shape index (κ2) is 6.17. The molecule has 1 atom stereocenters. The van der Waals surface area contributed by atoms with Crippen molar-refractivity contribution < 1.29 is 0 Å². The Kier molecular flexibility index (Phi) is 4.22. The van der Waals surface area contributed by atoms with Crippen molar-refractivity contribution in [3.63, 3.8) is 0 Å². The lowest BCUT2D eigenvalue weighted by atomic mass is 9.99. The minimum Gasteiger partial charge on any atom is -0.306 e. The molecule has 0 spiro atoms. The maximum atomic E-state index is 4.46. The summed E-state index contributed by atoms with van der Waals surface area (Å²) in [6.07, 6.45) is 4.08. The first-order valence-corrected chi connectivity index (χ1v) is 8.20. The molecule has 0 aliphatic rings. The van der Waals surface area contributed by atoms with Crippen LogP contribution < -0.4 is 5.32 Å². The Bertz CT molecular complexity index is 791. The van der Waals surface area contributed by atoms with Crippen molar-refractivity contribution in [1.82, 2.24) is 15.1 Å². The highest BCUT2D eigenvalue weighted by Crippen LogP contribution is 2.24. The number of benzene rings is 2. The van der Waals surface area contributed by atoms with E-state index in [9.17, 15) is 0 Å². The number of hydrogen-bond acceptors (Lipinski definition) is 2. The van der Waals surface area contributed by atoms with Crippen molar-refractivity contribution in [1.29, 1.82) is 0 Å². The molecule has 0 amide bonds. The summed E-state index contributed by atoms with van der Waals surface area (Å²) in [5.41, 5.74) is 2.58. The fourth-order valence-electron chi connectivity index (χ4n) is 2.83. The maximum Gasteiger partial charge on any atom is 0.0543 e. The second-order valence-corrected chi connectivity index (χ2v) is 7.13. The summed E-state index contributed by atoms with van der Waals surface area (Å²) in [5.74, 6) is 0. The first kappa shape index (κ1) is 15.8. The van der Waals surface area contributed by atoms with Crippen molar-refractivity contribution in [3.05, 3.63) is 66.0 Å². The van der Waals surface area contributed by atoms with Crippen LogP contribution in [0.5, 0.6) is 0 Å². The lowest BCUT2D eigenvalue weighted by Gasteiger charge is -2.19. The van der Waals surface area contributed by atoms with Gasteiger partial charge < -0.3 is 5.32 Å². The molecule has 1 N–H and O–H groups in total. The van der Waals surface area contributed by atoms with E-state index in [1.54, 1.807) is 0 Å². The van der Waals surface area contributed by atoms with Crippen LogP contribution in [-0.4, -0.2) is 9.78 Å². The Hall–Kier alpha value is -2.13. The number of nitrogens with one attached hydrogen (secondary N) is 1. The predicted molar refractivity (Wildman–Crippen MR) is 96.4 cm³/mol. The van der Waals surface area contributed by atoms with Gasteiger partial charge in [0.25, 0.3) is 0 Å². The Morgan fingerprint density at radius 2 is 1.83 bits per heavy atom. The first-order valence-electron chi connectivity index (χ1n) is 8.20. The fourth-order valence-corrected chi connectivity index (χ4v) is 2.83. The van der Waals surface area contributed by atoms with Crippen LogP contribution in [0.3, 0.4) is 0 Å². The molecular formula is C20H25N3. The van der Waals surface area contributed by atoms with Crippen LogP contribution in [0.1, 0.15) is 44.9 Å². The van der Waals surface area contributed by atoms with Crippen LogP contribution in [0, 0.1) is 0 Å². The van der Waals surface area contributed by atoms with Crippen LogP contribution >= 0.6 is 0 Å². The quantitative estimate of drug-likeness (QED) is 0.761. The van der Waals surface area contributed by atoms with Crippen molar-refractivity contribution in [3.8, 4) is 0 Å². The van der Waals surface area contributed by atoms with E-state index in [1.807, 2.05) is 10.9 Å². The van der Waals surface area contributed by atoms with Gasteiger partial charge in [-0.2, -0.15) is 5.10 Å². The molecule has 0 radical (unpaired) electrons. The Labute approximate surface area is 138 Å². The molecule has 120 valence electrons. The molecule has 0 bridgehead atoms. The normalized spacial score (nSPS) is 13.4. The van der Waals surface area contributed by atoms with Gasteiger partial charge in [0.1, 0.15) is 0 Å². The summed E-state index contributed by atoms with van der Waals surface area (Å²) in [7, 11) is 0. The van der Waals surface area contributed by atoms with Crippen LogP contribution in [-0.2, 0) is 12.1 Å². The van der Waals surface area contributed by atoms with Gasteiger partial charge in [-0.15, -0.1) is 0 Å². The van der Waals surface area contributed by atoms with Crippen LogP contribution in [0.2, 0.25) is 0 Å². The van der Waals surface area contributed by atoms with E-state index in [4.69, 9.17) is 0 Å². The lowest BCUT2D eigenvalue weighted by Crippen LogP contribution is -2.22. The highest BCUT2D eigenvalue weighted by atomic mass is 15.3. The third kappa shape index (κ3) is 3.45. The molecule has 2 aromatic carbocycles. The van der Waals surface area contributed by atoms with Gasteiger partial charge in [0.15, 0.2) is 0 Å². The van der Waals surface area contributed by atoms with E-state index in [-0.39, 0.29) is 5.54 Å². The molecule has 0 saturated heterocycles. The number of aromatic nitrogens is 2. The van der Waals surface area contributed by atoms with Crippen molar-refractivity contribution in [2.45, 2.75) is 45.8 Å². The van der Waals surface area contributed by atoms with Crippen LogP contribution in [0.15, 0.2) is 54.9 Å². The SMILES string of the molecule is CC(NCc1cnn(C(C)(C)C)c1)c1cccc2ccccc12. The minimum atomic E-state index is 0.0273. The van der Waals surface area contributed by atoms with Crippen molar-refractivity contribution in [2.24, 2.45) is 0 Å². The first-order chi connectivity index (χ1) is 10.9. The van der Waals surface area contributed by atoms with Crippen molar-refractivity contribution >= 4 is 10.8 Å². The molecule has 0 fully saturated rings. The molecule has 1 unspecified atom stereocenters. The zero-order chi connectivity index (χ0) is 16.4. The molecule has 1 aromatic heterocycles.